The summed E-state index contributed by atoms with van der Waals surface area (Å²) < 4.78 is 3.83. The summed E-state index contributed by atoms with van der Waals surface area (Å²) in [6.07, 6.45) is 6.17. The maximum absolute atomic E-state index is 4.47. The first-order chi connectivity index (χ1) is 6.75. The number of aryl methyl sites for hydroxylation is 3. The van der Waals surface area contributed by atoms with E-state index in [1.54, 1.807) is 0 Å². The van der Waals surface area contributed by atoms with Crippen LogP contribution < -0.4 is 0 Å². The molecule has 0 saturated carbocycles. The standard InChI is InChI=1S/C10H12N4/c1-13-6-7-3-4-9-8(10(7)12-13)5-11-14(9)2/h5-6H,3-4H2,1-2H3. The monoisotopic (exact) mass is 188 g/mol. The van der Waals surface area contributed by atoms with Gasteiger partial charge in [0, 0.05) is 31.5 Å². The summed E-state index contributed by atoms with van der Waals surface area (Å²) in [4.78, 5) is 0. The number of fused-ring (bicyclic) bond motifs is 3. The summed E-state index contributed by atoms with van der Waals surface area (Å²) in [5.74, 6) is 0. The summed E-state index contributed by atoms with van der Waals surface area (Å²) in [5, 5.41) is 8.74. The first kappa shape index (κ1) is 7.79. The predicted molar refractivity (Wildman–Crippen MR) is 52.8 cm³/mol. The molecule has 3 rings (SSSR count). The van der Waals surface area contributed by atoms with Crippen molar-refractivity contribution in [2.24, 2.45) is 14.1 Å². The Balaban J connectivity index is 2.28. The van der Waals surface area contributed by atoms with E-state index >= 15 is 0 Å². The van der Waals surface area contributed by atoms with Gasteiger partial charge in [0.05, 0.1) is 11.9 Å². The van der Waals surface area contributed by atoms with Crippen LogP contribution in [-0.2, 0) is 26.9 Å². The van der Waals surface area contributed by atoms with Gasteiger partial charge in [0.2, 0.25) is 0 Å². The van der Waals surface area contributed by atoms with Crippen LogP contribution in [0.2, 0.25) is 0 Å². The molecule has 0 spiro atoms. The van der Waals surface area contributed by atoms with Gasteiger partial charge in [0.25, 0.3) is 0 Å². The van der Waals surface area contributed by atoms with Crippen molar-refractivity contribution in [2.75, 3.05) is 0 Å². The molecule has 0 aliphatic heterocycles. The first-order valence-electron chi connectivity index (χ1n) is 4.79. The molecule has 72 valence electrons. The van der Waals surface area contributed by atoms with Gasteiger partial charge in [-0.15, -0.1) is 0 Å². The minimum atomic E-state index is 1.07. The Bertz CT molecular complexity index is 492. The molecule has 0 N–H and O–H groups in total. The van der Waals surface area contributed by atoms with Gasteiger partial charge in [-0.3, -0.25) is 9.36 Å². The second-order valence-corrected chi connectivity index (χ2v) is 3.81. The maximum atomic E-state index is 4.47. The van der Waals surface area contributed by atoms with Crippen LogP contribution in [0.25, 0.3) is 11.3 Å². The highest BCUT2D eigenvalue weighted by molar-refractivity contribution is 5.67. The average molecular weight is 188 g/mol. The van der Waals surface area contributed by atoms with Crippen LogP contribution in [0.4, 0.5) is 0 Å². The molecule has 0 atom stereocenters. The SMILES string of the molecule is Cn1cc2c(n1)-c1cnn(C)c1CC2. The van der Waals surface area contributed by atoms with Gasteiger partial charge in [-0.1, -0.05) is 0 Å². The van der Waals surface area contributed by atoms with E-state index in [0.717, 1.165) is 18.5 Å². The van der Waals surface area contributed by atoms with E-state index < -0.39 is 0 Å². The molecule has 0 unspecified atom stereocenters. The van der Waals surface area contributed by atoms with Crippen molar-refractivity contribution < 1.29 is 0 Å². The smallest absolute Gasteiger partial charge is 0.0989 e. The maximum Gasteiger partial charge on any atom is 0.0989 e. The molecule has 2 aromatic heterocycles. The summed E-state index contributed by atoms with van der Waals surface area (Å²) in [5.41, 5.74) is 4.96. The van der Waals surface area contributed by atoms with Gasteiger partial charge < -0.3 is 0 Å². The highest BCUT2D eigenvalue weighted by Crippen LogP contribution is 2.31. The van der Waals surface area contributed by atoms with Crippen LogP contribution in [0.15, 0.2) is 12.4 Å². The minimum Gasteiger partial charge on any atom is -0.275 e. The lowest BCUT2D eigenvalue weighted by atomic mass is 9.96. The number of rotatable bonds is 0. The van der Waals surface area contributed by atoms with E-state index in [0.29, 0.717) is 0 Å². The van der Waals surface area contributed by atoms with Gasteiger partial charge in [-0.05, 0) is 18.4 Å². The van der Waals surface area contributed by atoms with Crippen LogP contribution in [0.5, 0.6) is 0 Å². The largest absolute Gasteiger partial charge is 0.275 e. The number of hydrogen-bond acceptors (Lipinski definition) is 2. The average Bonchev–Trinajstić information content (AvgIpc) is 2.68. The molecule has 1 aliphatic rings. The van der Waals surface area contributed by atoms with Crippen LogP contribution in [0.1, 0.15) is 11.3 Å². The Morgan fingerprint density at radius 2 is 2.14 bits per heavy atom. The third-order valence-electron chi connectivity index (χ3n) is 2.85. The van der Waals surface area contributed by atoms with Gasteiger partial charge in [0.1, 0.15) is 0 Å². The Kier molecular flexibility index (Phi) is 1.37. The van der Waals surface area contributed by atoms with E-state index in [1.165, 1.54) is 16.8 Å². The lowest BCUT2D eigenvalue weighted by Crippen LogP contribution is -2.06. The predicted octanol–water partition coefficient (Wildman–Crippen LogP) is 0.919. The van der Waals surface area contributed by atoms with Crippen molar-refractivity contribution in [1.29, 1.82) is 0 Å². The van der Waals surface area contributed by atoms with Crippen LogP contribution >= 0.6 is 0 Å². The highest BCUT2D eigenvalue weighted by atomic mass is 15.3. The van der Waals surface area contributed by atoms with Crippen LogP contribution in [-0.4, -0.2) is 19.6 Å². The third kappa shape index (κ3) is 0.880. The molecule has 14 heavy (non-hydrogen) atoms. The molecular weight excluding hydrogens is 176 g/mol. The Morgan fingerprint density at radius 3 is 3.00 bits per heavy atom. The van der Waals surface area contributed by atoms with Crippen molar-refractivity contribution in [3.63, 3.8) is 0 Å². The van der Waals surface area contributed by atoms with E-state index in [2.05, 4.69) is 16.4 Å². The summed E-state index contributed by atoms with van der Waals surface area (Å²) in [6.45, 7) is 0. The molecule has 2 aromatic rings. The van der Waals surface area contributed by atoms with Crippen molar-refractivity contribution in [3.8, 4) is 11.3 Å². The normalized spacial score (nSPS) is 13.9. The topological polar surface area (TPSA) is 35.6 Å². The quantitative estimate of drug-likeness (QED) is 0.616. The van der Waals surface area contributed by atoms with Gasteiger partial charge in [-0.2, -0.15) is 10.2 Å². The molecular formula is C10H12N4. The summed E-state index contributed by atoms with van der Waals surface area (Å²) in [6, 6.07) is 0. The van der Waals surface area contributed by atoms with Gasteiger partial charge in [-0.25, -0.2) is 0 Å². The Morgan fingerprint density at radius 1 is 1.29 bits per heavy atom. The number of hydrogen-bond donors (Lipinski definition) is 0. The van der Waals surface area contributed by atoms with E-state index in [-0.39, 0.29) is 0 Å². The van der Waals surface area contributed by atoms with Crippen molar-refractivity contribution >= 4 is 0 Å². The van der Waals surface area contributed by atoms with Crippen LogP contribution in [0.3, 0.4) is 0 Å². The Labute approximate surface area is 82.2 Å². The lowest BCUT2D eigenvalue weighted by Gasteiger charge is -2.10. The van der Waals surface area contributed by atoms with E-state index in [9.17, 15) is 0 Å². The van der Waals surface area contributed by atoms with E-state index in [4.69, 9.17) is 0 Å². The number of aromatic nitrogens is 4. The molecule has 0 fully saturated rings. The molecule has 0 amide bonds. The fraction of sp³-hybridized carbons (Fsp3) is 0.400. The molecule has 4 nitrogen and oxygen atoms in total. The molecule has 0 bridgehead atoms. The third-order valence-corrected chi connectivity index (χ3v) is 2.85. The molecule has 0 aromatic carbocycles. The fourth-order valence-electron chi connectivity index (χ4n) is 2.16. The molecule has 2 heterocycles. The highest BCUT2D eigenvalue weighted by Gasteiger charge is 2.21. The van der Waals surface area contributed by atoms with E-state index in [1.807, 2.05) is 29.7 Å². The Hall–Kier alpha value is -1.58. The number of nitrogens with zero attached hydrogens (tertiary/aromatic N) is 4. The summed E-state index contributed by atoms with van der Waals surface area (Å²) in [7, 11) is 3.96. The van der Waals surface area contributed by atoms with Crippen molar-refractivity contribution in [2.45, 2.75) is 12.8 Å². The first-order valence-corrected chi connectivity index (χ1v) is 4.79. The minimum absolute atomic E-state index is 1.07. The molecule has 0 radical (unpaired) electrons. The lowest BCUT2D eigenvalue weighted by molar-refractivity contribution is 0.701. The second-order valence-electron chi connectivity index (χ2n) is 3.81. The molecule has 0 saturated heterocycles. The fourth-order valence-corrected chi connectivity index (χ4v) is 2.16. The van der Waals surface area contributed by atoms with Gasteiger partial charge >= 0.3 is 0 Å². The molecule has 1 aliphatic carbocycles. The molecule has 4 heteroatoms. The summed E-state index contributed by atoms with van der Waals surface area (Å²) >= 11 is 0. The van der Waals surface area contributed by atoms with Crippen molar-refractivity contribution in [3.05, 3.63) is 23.7 Å². The zero-order chi connectivity index (χ0) is 9.71. The van der Waals surface area contributed by atoms with Crippen LogP contribution in [0, 0.1) is 0 Å². The zero-order valence-corrected chi connectivity index (χ0v) is 8.36. The van der Waals surface area contributed by atoms with Gasteiger partial charge in [0.15, 0.2) is 0 Å². The second kappa shape index (κ2) is 2.47. The zero-order valence-electron chi connectivity index (χ0n) is 8.36. The van der Waals surface area contributed by atoms with Crippen molar-refractivity contribution in [1.82, 2.24) is 19.6 Å².